The van der Waals surface area contributed by atoms with Crippen LogP contribution in [-0.2, 0) is 16.7 Å². The van der Waals surface area contributed by atoms with Crippen LogP contribution in [-0.4, -0.2) is 18.4 Å². The van der Waals surface area contributed by atoms with Crippen LogP contribution < -0.4 is 4.74 Å². The lowest BCUT2D eigenvalue weighted by Gasteiger charge is -2.06. The van der Waals surface area contributed by atoms with Gasteiger partial charge in [-0.25, -0.2) is 12.9 Å². The molecule has 98 valence electrons. The molecule has 0 bridgehead atoms. The summed E-state index contributed by atoms with van der Waals surface area (Å²) in [5.41, 5.74) is 0.726. The molecule has 7 heteroatoms. The zero-order chi connectivity index (χ0) is 12.5. The van der Waals surface area contributed by atoms with E-state index >= 15 is 0 Å². The third-order valence-electron chi connectivity index (χ3n) is 2.35. The fraction of sp³-hybridized carbons (Fsp3) is 0.182. The van der Waals surface area contributed by atoms with Gasteiger partial charge in [-0.1, -0.05) is 0 Å². The van der Waals surface area contributed by atoms with Crippen LogP contribution in [0, 0.1) is 0 Å². The van der Waals surface area contributed by atoms with Crippen molar-refractivity contribution >= 4 is 10.1 Å². The van der Waals surface area contributed by atoms with Gasteiger partial charge in [-0.3, -0.25) is 0 Å². The van der Waals surface area contributed by atoms with Crippen molar-refractivity contribution in [2.75, 3.05) is 0 Å². The third kappa shape index (κ3) is 2.95. The van der Waals surface area contributed by atoms with E-state index in [0.717, 1.165) is 5.56 Å². The quantitative estimate of drug-likeness (QED) is 0.592. The average molecular weight is 271 g/mol. The van der Waals surface area contributed by atoms with Gasteiger partial charge in [-0.2, -0.15) is 0 Å². The highest BCUT2D eigenvalue weighted by Crippen LogP contribution is 2.20. The van der Waals surface area contributed by atoms with E-state index in [1.807, 2.05) is 6.92 Å². The minimum Gasteiger partial charge on any atom is -0.744 e. The van der Waals surface area contributed by atoms with Crippen molar-refractivity contribution in [2.45, 2.75) is 18.4 Å². The molecule has 18 heavy (non-hydrogen) atoms. The zero-order valence-corrected chi connectivity index (χ0v) is 10.5. The van der Waals surface area contributed by atoms with Crippen LogP contribution >= 0.6 is 0 Å². The van der Waals surface area contributed by atoms with Gasteiger partial charge in [0.25, 0.3) is 0 Å². The summed E-state index contributed by atoms with van der Waals surface area (Å²) >= 11 is 0. The van der Waals surface area contributed by atoms with Gasteiger partial charge in [0, 0.05) is 5.56 Å². The summed E-state index contributed by atoms with van der Waals surface area (Å²) in [4.78, 5) is -0.240. The maximum atomic E-state index is 10.7. The lowest BCUT2D eigenvalue weighted by atomic mass is 10.2. The molecule has 0 unspecified atom stereocenters. The minimum atomic E-state index is -4.39. The molecule has 1 heterocycles. The Hall–Kier alpha value is -1.70. The summed E-state index contributed by atoms with van der Waals surface area (Å²) < 4.78 is 39.3. The van der Waals surface area contributed by atoms with E-state index in [0.29, 0.717) is 12.3 Å². The lowest BCUT2D eigenvalue weighted by Crippen LogP contribution is -2.27. The summed E-state index contributed by atoms with van der Waals surface area (Å²) in [7, 11) is -4.39. The van der Waals surface area contributed by atoms with Crippen molar-refractivity contribution in [3.8, 4) is 11.3 Å². The Kier molecular flexibility index (Phi) is 4.23. The molecule has 0 amide bonds. The average Bonchev–Trinajstić information content (AvgIpc) is 2.76. The van der Waals surface area contributed by atoms with E-state index in [1.165, 1.54) is 12.1 Å². The summed E-state index contributed by atoms with van der Waals surface area (Å²) in [6.07, 6.45) is 1.79. The van der Waals surface area contributed by atoms with Crippen molar-refractivity contribution in [3.05, 3.63) is 36.5 Å². The first kappa shape index (κ1) is 14.4. The second-order valence-corrected chi connectivity index (χ2v) is 4.86. The van der Waals surface area contributed by atoms with Gasteiger partial charge in [-0.05, 0) is 35.9 Å². The zero-order valence-electron chi connectivity index (χ0n) is 9.66. The number of hydrogen-bond donors (Lipinski definition) is 0. The van der Waals surface area contributed by atoms with Crippen LogP contribution in [0.25, 0.3) is 11.3 Å². The van der Waals surface area contributed by atoms with Crippen molar-refractivity contribution in [2.24, 2.45) is 0 Å². The highest BCUT2D eigenvalue weighted by molar-refractivity contribution is 7.85. The number of benzene rings is 1. The second-order valence-electron chi connectivity index (χ2n) is 3.48. The summed E-state index contributed by atoms with van der Waals surface area (Å²) in [6, 6.07) is 7.42. The Labute approximate surface area is 105 Å². The van der Waals surface area contributed by atoms with Crippen molar-refractivity contribution < 1.29 is 27.7 Å². The monoisotopic (exact) mass is 271 g/mol. The predicted octanol–water partition coefficient (Wildman–Crippen LogP) is 0.333. The van der Waals surface area contributed by atoms with Gasteiger partial charge < -0.3 is 10.0 Å². The Morgan fingerprint density at radius 3 is 2.28 bits per heavy atom. The van der Waals surface area contributed by atoms with Crippen molar-refractivity contribution in [1.82, 2.24) is 0 Å². The fourth-order valence-electron chi connectivity index (χ4n) is 1.44. The molecule has 2 rings (SSSR count). The molecule has 0 aliphatic carbocycles. The summed E-state index contributed by atoms with van der Waals surface area (Å²) in [5.74, 6) is 0.627. The maximum absolute atomic E-state index is 10.7. The maximum Gasteiger partial charge on any atom is 0.220 e. The van der Waals surface area contributed by atoms with Gasteiger partial charge in [0.1, 0.15) is 10.1 Å². The molecule has 0 atom stereocenters. The van der Waals surface area contributed by atoms with Gasteiger partial charge in [-0.15, -0.1) is 0 Å². The molecule has 0 radical (unpaired) electrons. The molecule has 1 aromatic heterocycles. The first-order valence-corrected chi connectivity index (χ1v) is 6.47. The Bertz CT molecular complexity index is 615. The van der Waals surface area contributed by atoms with Crippen molar-refractivity contribution in [3.63, 3.8) is 0 Å². The molecule has 0 aliphatic rings. The molecule has 2 N–H and O–H groups in total. The van der Waals surface area contributed by atoms with Crippen LogP contribution in [0.2, 0.25) is 0 Å². The Morgan fingerprint density at radius 2 is 1.83 bits per heavy atom. The first-order chi connectivity index (χ1) is 8.00. The summed E-state index contributed by atoms with van der Waals surface area (Å²) in [6.45, 7) is 2.66. The van der Waals surface area contributed by atoms with Crippen LogP contribution in [0.1, 0.15) is 6.92 Å². The molecule has 0 fully saturated rings. The van der Waals surface area contributed by atoms with Crippen LogP contribution in [0.15, 0.2) is 45.9 Å². The highest BCUT2D eigenvalue weighted by Gasteiger charge is 2.10. The standard InChI is InChI=1S/C11H11NO4S.H2O/c1-2-12-8-7-11(16-12)9-3-5-10(6-4-9)17(13,14)15;/h3-8H,2H2,1H3;1H2. The van der Waals surface area contributed by atoms with E-state index < -0.39 is 10.1 Å². The smallest absolute Gasteiger partial charge is 0.220 e. The number of hydrogen-bond acceptors (Lipinski definition) is 4. The van der Waals surface area contributed by atoms with E-state index in [2.05, 4.69) is 0 Å². The molecule has 6 nitrogen and oxygen atoms in total. The lowest BCUT2D eigenvalue weighted by molar-refractivity contribution is -0.860. The molecule has 2 aromatic rings. The molecular formula is C11H13NO5S. The second kappa shape index (κ2) is 5.30. The third-order valence-corrected chi connectivity index (χ3v) is 3.20. The highest BCUT2D eigenvalue weighted by atomic mass is 32.2. The van der Waals surface area contributed by atoms with Crippen LogP contribution in [0.4, 0.5) is 0 Å². The summed E-state index contributed by atoms with van der Waals surface area (Å²) in [5, 5.41) is 0. The number of rotatable bonds is 3. The molecule has 0 aliphatic heterocycles. The van der Waals surface area contributed by atoms with Gasteiger partial charge in [0.15, 0.2) is 6.54 Å². The molecular weight excluding hydrogens is 258 g/mol. The molecule has 1 aromatic carbocycles. The first-order valence-electron chi connectivity index (χ1n) is 5.07. The number of aryl methyl sites for hydroxylation is 1. The molecule has 0 saturated carbocycles. The van der Waals surface area contributed by atoms with Gasteiger partial charge in [0.2, 0.25) is 12.0 Å². The van der Waals surface area contributed by atoms with E-state index in [4.69, 9.17) is 4.52 Å². The SMILES string of the molecule is CC[n+]1ccc(-c2ccc(S(=O)(=O)[O-])cc2)o1.O. The molecule has 0 spiro atoms. The minimum absolute atomic E-state index is 0. The number of nitrogens with zero attached hydrogens (tertiary/aromatic N) is 1. The number of aromatic nitrogens is 1. The fourth-order valence-corrected chi connectivity index (χ4v) is 1.91. The Balaban J connectivity index is 0.00000162. The van der Waals surface area contributed by atoms with Gasteiger partial charge >= 0.3 is 0 Å². The van der Waals surface area contributed by atoms with E-state index in [-0.39, 0.29) is 10.4 Å². The molecule has 0 saturated heterocycles. The van der Waals surface area contributed by atoms with E-state index in [1.54, 1.807) is 29.1 Å². The Morgan fingerprint density at radius 1 is 1.22 bits per heavy atom. The largest absolute Gasteiger partial charge is 0.744 e. The van der Waals surface area contributed by atoms with E-state index in [9.17, 15) is 13.0 Å². The predicted molar refractivity (Wildman–Crippen MR) is 61.6 cm³/mol. The van der Waals surface area contributed by atoms with Gasteiger partial charge in [0.05, 0.1) is 11.0 Å². The topological polar surface area (TPSA) is 106 Å². The van der Waals surface area contributed by atoms with Crippen molar-refractivity contribution in [1.29, 1.82) is 0 Å². The van der Waals surface area contributed by atoms with Crippen LogP contribution in [0.3, 0.4) is 0 Å². The van der Waals surface area contributed by atoms with Crippen LogP contribution in [0.5, 0.6) is 0 Å². The normalized spacial score (nSPS) is 11.0.